The lowest BCUT2D eigenvalue weighted by Crippen LogP contribution is -2.17. The molecule has 0 atom stereocenters. The molecule has 0 amide bonds. The third kappa shape index (κ3) is 2.48. The number of rotatable bonds is 5. The largest absolute Gasteiger partial charge is 0.396 e. The van der Waals surface area contributed by atoms with Crippen molar-refractivity contribution in [2.75, 3.05) is 6.61 Å². The molecule has 0 aromatic rings. The highest BCUT2D eigenvalue weighted by Gasteiger charge is 2.24. The van der Waals surface area contributed by atoms with Gasteiger partial charge in [-0.25, -0.2) is 0 Å². The summed E-state index contributed by atoms with van der Waals surface area (Å²) in [7, 11) is 0. The molecule has 80 valence electrons. The highest BCUT2D eigenvalue weighted by atomic mass is 16.2. The van der Waals surface area contributed by atoms with E-state index in [-0.39, 0.29) is 0 Å². The Labute approximate surface area is 91.5 Å². The van der Waals surface area contributed by atoms with E-state index in [4.69, 9.17) is 5.11 Å². The van der Waals surface area contributed by atoms with Gasteiger partial charge in [-0.2, -0.15) is 0 Å². The smallest absolute Gasteiger partial charge is 0.0431 e. The Balaban J connectivity index is 2.01. The van der Waals surface area contributed by atoms with E-state index in [9.17, 15) is 0 Å². The van der Waals surface area contributed by atoms with E-state index in [1.165, 1.54) is 0 Å². The van der Waals surface area contributed by atoms with E-state index in [0.717, 1.165) is 12.8 Å². The van der Waals surface area contributed by atoms with Crippen LogP contribution in [0, 0.1) is 17.8 Å². The van der Waals surface area contributed by atoms with Crippen molar-refractivity contribution in [1.82, 2.24) is 0 Å². The third-order valence-corrected chi connectivity index (χ3v) is 3.24. The number of allylic oxidation sites excluding steroid dienone is 8. The van der Waals surface area contributed by atoms with Gasteiger partial charge >= 0.3 is 0 Å². The van der Waals surface area contributed by atoms with Crippen molar-refractivity contribution < 1.29 is 5.11 Å². The Bertz CT molecular complexity index is 257. The first-order valence-corrected chi connectivity index (χ1v) is 5.72. The van der Waals surface area contributed by atoms with Gasteiger partial charge < -0.3 is 5.11 Å². The fourth-order valence-corrected chi connectivity index (χ4v) is 2.44. The van der Waals surface area contributed by atoms with E-state index in [0.29, 0.717) is 24.4 Å². The minimum Gasteiger partial charge on any atom is -0.396 e. The lowest BCUT2D eigenvalue weighted by atomic mass is 9.80. The Hall–Kier alpha value is -1.08. The molecule has 0 aromatic carbocycles. The van der Waals surface area contributed by atoms with Crippen molar-refractivity contribution in [3.05, 3.63) is 48.6 Å². The maximum absolute atomic E-state index is 8.93. The predicted molar refractivity (Wildman–Crippen MR) is 63.3 cm³/mol. The molecule has 0 aromatic heterocycles. The van der Waals surface area contributed by atoms with Gasteiger partial charge in [0.1, 0.15) is 0 Å². The van der Waals surface area contributed by atoms with Crippen molar-refractivity contribution in [3.8, 4) is 0 Å². The number of hydrogen-bond donors (Lipinski definition) is 1. The summed E-state index contributed by atoms with van der Waals surface area (Å²) in [5, 5.41) is 8.93. The summed E-state index contributed by atoms with van der Waals surface area (Å²) >= 11 is 0. The van der Waals surface area contributed by atoms with E-state index < -0.39 is 0 Å². The number of aliphatic hydroxyl groups excluding tert-OH is 1. The highest BCUT2D eigenvalue weighted by molar-refractivity contribution is 5.24. The summed E-state index contributed by atoms with van der Waals surface area (Å²) in [5.41, 5.74) is 0. The van der Waals surface area contributed by atoms with Crippen LogP contribution in [0.4, 0.5) is 0 Å². The molecule has 0 heterocycles. The maximum atomic E-state index is 8.93. The van der Waals surface area contributed by atoms with Crippen LogP contribution < -0.4 is 0 Å². The van der Waals surface area contributed by atoms with E-state index in [1.54, 1.807) is 0 Å². The predicted octanol–water partition coefficient (Wildman–Crippen LogP) is 2.86. The molecular formula is C14H18O. The minimum absolute atomic E-state index is 0.302. The molecule has 0 fully saturated rings. The molecule has 1 N–H and O–H groups in total. The second-order valence-electron chi connectivity index (χ2n) is 4.22. The van der Waals surface area contributed by atoms with Crippen LogP contribution in [-0.4, -0.2) is 11.7 Å². The number of hydrogen-bond acceptors (Lipinski definition) is 1. The van der Waals surface area contributed by atoms with Crippen molar-refractivity contribution in [3.63, 3.8) is 0 Å². The van der Waals surface area contributed by atoms with Gasteiger partial charge in [-0.3, -0.25) is 0 Å². The molecule has 0 bridgehead atoms. The molecule has 0 unspecified atom stereocenters. The molecule has 2 aliphatic carbocycles. The van der Waals surface area contributed by atoms with Crippen LogP contribution in [0.15, 0.2) is 48.6 Å². The van der Waals surface area contributed by atoms with Crippen LogP contribution in [-0.2, 0) is 0 Å². The Kier molecular flexibility index (Phi) is 3.57. The molecule has 1 nitrogen and oxygen atoms in total. The molecule has 0 radical (unpaired) electrons. The summed E-state index contributed by atoms with van der Waals surface area (Å²) in [5.74, 6) is 1.71. The van der Waals surface area contributed by atoms with Gasteiger partial charge in [-0.1, -0.05) is 48.6 Å². The Morgan fingerprint density at radius 3 is 1.73 bits per heavy atom. The molecule has 0 saturated carbocycles. The summed E-state index contributed by atoms with van der Waals surface area (Å²) in [6.45, 7) is 0.302. The van der Waals surface area contributed by atoms with E-state index in [1.807, 2.05) is 0 Å². The minimum atomic E-state index is 0.302. The summed E-state index contributed by atoms with van der Waals surface area (Å²) < 4.78 is 0. The lowest BCUT2D eigenvalue weighted by Gasteiger charge is -2.25. The first-order chi connectivity index (χ1) is 7.42. The molecular weight excluding hydrogens is 184 g/mol. The summed E-state index contributed by atoms with van der Waals surface area (Å²) in [4.78, 5) is 0. The SMILES string of the molecule is OCCCC(C1C=CC=C1)C1C=CC=C1. The molecule has 1 heteroatoms. The van der Waals surface area contributed by atoms with Gasteiger partial charge in [0.2, 0.25) is 0 Å². The average Bonchev–Trinajstić information content (AvgIpc) is 2.90. The van der Waals surface area contributed by atoms with Gasteiger partial charge in [0.05, 0.1) is 0 Å². The van der Waals surface area contributed by atoms with Crippen LogP contribution in [0.25, 0.3) is 0 Å². The van der Waals surface area contributed by atoms with Crippen molar-refractivity contribution in [2.24, 2.45) is 17.8 Å². The van der Waals surface area contributed by atoms with E-state index in [2.05, 4.69) is 48.6 Å². The third-order valence-electron chi connectivity index (χ3n) is 3.24. The van der Waals surface area contributed by atoms with Gasteiger partial charge in [0, 0.05) is 6.61 Å². The monoisotopic (exact) mass is 202 g/mol. The first kappa shape index (κ1) is 10.4. The first-order valence-electron chi connectivity index (χ1n) is 5.72. The van der Waals surface area contributed by atoms with Crippen LogP contribution in [0.3, 0.4) is 0 Å². The zero-order valence-electron chi connectivity index (χ0n) is 8.92. The fourth-order valence-electron chi connectivity index (χ4n) is 2.44. The molecule has 0 spiro atoms. The van der Waals surface area contributed by atoms with Crippen LogP contribution in [0.5, 0.6) is 0 Å². The van der Waals surface area contributed by atoms with Crippen LogP contribution in [0.2, 0.25) is 0 Å². The van der Waals surface area contributed by atoms with Gasteiger partial charge in [-0.15, -0.1) is 0 Å². The average molecular weight is 202 g/mol. The van der Waals surface area contributed by atoms with Gasteiger partial charge in [0.15, 0.2) is 0 Å². The fraction of sp³-hybridized carbons (Fsp3) is 0.429. The maximum Gasteiger partial charge on any atom is 0.0431 e. The van der Waals surface area contributed by atoms with Crippen molar-refractivity contribution >= 4 is 0 Å². The molecule has 0 aliphatic heterocycles. The topological polar surface area (TPSA) is 20.2 Å². The molecule has 15 heavy (non-hydrogen) atoms. The zero-order valence-corrected chi connectivity index (χ0v) is 8.92. The Morgan fingerprint density at radius 1 is 0.867 bits per heavy atom. The molecule has 2 rings (SSSR count). The van der Waals surface area contributed by atoms with Gasteiger partial charge in [-0.05, 0) is 30.6 Å². The highest BCUT2D eigenvalue weighted by Crippen LogP contribution is 2.33. The number of aliphatic hydroxyl groups is 1. The summed E-state index contributed by atoms with van der Waals surface area (Å²) in [6.07, 6.45) is 19.6. The van der Waals surface area contributed by atoms with E-state index >= 15 is 0 Å². The molecule has 0 saturated heterocycles. The quantitative estimate of drug-likeness (QED) is 0.726. The van der Waals surface area contributed by atoms with Crippen molar-refractivity contribution in [1.29, 1.82) is 0 Å². The zero-order chi connectivity index (χ0) is 10.5. The second-order valence-corrected chi connectivity index (χ2v) is 4.22. The van der Waals surface area contributed by atoms with Crippen LogP contribution >= 0.6 is 0 Å². The van der Waals surface area contributed by atoms with Crippen molar-refractivity contribution in [2.45, 2.75) is 12.8 Å². The normalized spacial score (nSPS) is 20.1. The standard InChI is InChI=1S/C14H18O/c15-11-5-10-14(12-6-1-2-7-12)13-8-3-4-9-13/h1-4,6-9,12-15H,5,10-11H2. The lowest BCUT2D eigenvalue weighted by molar-refractivity contribution is 0.255. The Morgan fingerprint density at radius 2 is 1.33 bits per heavy atom. The van der Waals surface area contributed by atoms with Crippen LogP contribution in [0.1, 0.15) is 12.8 Å². The molecule has 2 aliphatic rings. The summed E-state index contributed by atoms with van der Waals surface area (Å²) in [6, 6.07) is 0. The van der Waals surface area contributed by atoms with Gasteiger partial charge in [0.25, 0.3) is 0 Å². The second kappa shape index (κ2) is 5.13.